The van der Waals surface area contributed by atoms with Gasteiger partial charge in [-0.1, -0.05) is 110 Å². The molecule has 2 N–H and O–H groups in total. The van der Waals surface area contributed by atoms with E-state index in [1.807, 2.05) is 6.92 Å². The van der Waals surface area contributed by atoms with E-state index in [0.717, 1.165) is 26.0 Å². The largest absolute Gasteiger partial charge is 0.330 e. The first kappa shape index (κ1) is 28.1. The Balaban J connectivity index is 0. The number of hydrogen-bond donors (Lipinski definition) is 1. The highest BCUT2D eigenvalue weighted by Crippen LogP contribution is 2.13. The maximum atomic E-state index is 5.03. The molecule has 3 nitrogen and oxygen atoms in total. The Hall–Kier alpha value is -0.120. The highest BCUT2D eigenvalue weighted by Gasteiger charge is 1.95. The minimum atomic E-state index is 0.652. The summed E-state index contributed by atoms with van der Waals surface area (Å²) >= 11 is 0. The van der Waals surface area contributed by atoms with Gasteiger partial charge >= 0.3 is 0 Å². The van der Waals surface area contributed by atoms with Crippen molar-refractivity contribution >= 4 is 0 Å². The van der Waals surface area contributed by atoms with E-state index in [0.29, 0.717) is 6.61 Å². The van der Waals surface area contributed by atoms with Crippen molar-refractivity contribution in [2.24, 2.45) is 5.73 Å². The van der Waals surface area contributed by atoms with Gasteiger partial charge in [0.1, 0.15) is 0 Å². The molecule has 0 aliphatic rings. The summed E-state index contributed by atoms with van der Waals surface area (Å²) in [6, 6.07) is 0. The molecule has 0 aromatic rings. The summed E-state index contributed by atoms with van der Waals surface area (Å²) in [5.74, 6) is 0. The van der Waals surface area contributed by atoms with Crippen LogP contribution in [0.2, 0.25) is 0 Å². The molecule has 0 radical (unpaired) electrons. The van der Waals surface area contributed by atoms with Gasteiger partial charge in [0, 0.05) is 0 Å². The second-order valence-electron chi connectivity index (χ2n) is 7.32. The molecule has 26 heavy (non-hydrogen) atoms. The van der Waals surface area contributed by atoms with E-state index in [1.54, 1.807) is 0 Å². The first-order valence-corrected chi connectivity index (χ1v) is 11.8. The number of nitrogens with two attached hydrogens (primary N) is 1. The predicted molar refractivity (Wildman–Crippen MR) is 116 cm³/mol. The molecule has 0 saturated carbocycles. The molecule has 160 valence electrons. The average Bonchev–Trinajstić information content (AvgIpc) is 2.67. The fraction of sp³-hybridized carbons (Fsp3) is 1.00. The Morgan fingerprint density at radius 3 is 1.12 bits per heavy atom. The standard InChI is InChI=1S/C20H42O2.C3H9N/c1-3-5-6-7-8-9-10-11-12-13-14-15-16-17-18-19-20-22-21-4-2;1-2-3-4/h3-20H2,1-2H3;2-4H2,1H3. The van der Waals surface area contributed by atoms with Crippen molar-refractivity contribution in [2.45, 2.75) is 130 Å². The van der Waals surface area contributed by atoms with Gasteiger partial charge in [-0.15, -0.1) is 0 Å². The van der Waals surface area contributed by atoms with E-state index in [9.17, 15) is 0 Å². The Bertz CT molecular complexity index is 190. The lowest BCUT2D eigenvalue weighted by atomic mass is 10.0. The van der Waals surface area contributed by atoms with Crippen LogP contribution in [0.1, 0.15) is 130 Å². The molecule has 0 aromatic heterocycles. The predicted octanol–water partition coefficient (Wildman–Crippen LogP) is 7.57. The summed E-state index contributed by atoms with van der Waals surface area (Å²) < 4.78 is 0. The van der Waals surface area contributed by atoms with Gasteiger partial charge in [-0.25, -0.2) is 9.78 Å². The van der Waals surface area contributed by atoms with Crippen LogP contribution < -0.4 is 5.73 Å². The molecule has 3 heteroatoms. The van der Waals surface area contributed by atoms with E-state index in [4.69, 9.17) is 15.5 Å². The molecule has 0 unspecified atom stereocenters. The molecule has 0 aromatic carbocycles. The summed E-state index contributed by atoms with van der Waals surface area (Å²) in [6.07, 6.45) is 23.6. The summed E-state index contributed by atoms with van der Waals surface area (Å²) in [6.45, 7) is 8.52. The van der Waals surface area contributed by atoms with Gasteiger partial charge in [-0.2, -0.15) is 0 Å². The van der Waals surface area contributed by atoms with Gasteiger partial charge in [0.2, 0.25) is 0 Å². The summed E-state index contributed by atoms with van der Waals surface area (Å²) in [5, 5.41) is 0. The van der Waals surface area contributed by atoms with Crippen LogP contribution >= 0.6 is 0 Å². The second kappa shape index (κ2) is 29.6. The molecule has 0 amide bonds. The van der Waals surface area contributed by atoms with Crippen molar-refractivity contribution in [3.8, 4) is 0 Å². The van der Waals surface area contributed by atoms with Crippen molar-refractivity contribution in [1.82, 2.24) is 0 Å². The van der Waals surface area contributed by atoms with Crippen LogP contribution in [0.25, 0.3) is 0 Å². The molecule has 0 aliphatic heterocycles. The van der Waals surface area contributed by atoms with E-state index >= 15 is 0 Å². The third kappa shape index (κ3) is 31.6. The lowest BCUT2D eigenvalue weighted by Crippen LogP contribution is -1.95. The zero-order valence-electron chi connectivity index (χ0n) is 18.5. The molecule has 0 aliphatic carbocycles. The third-order valence-electron chi connectivity index (χ3n) is 4.57. The zero-order valence-corrected chi connectivity index (χ0v) is 18.5. The lowest BCUT2D eigenvalue weighted by Gasteiger charge is -2.04. The smallest absolute Gasteiger partial charge is 0.0822 e. The van der Waals surface area contributed by atoms with Gasteiger partial charge in [0.15, 0.2) is 0 Å². The zero-order chi connectivity index (χ0) is 19.6. The molecule has 0 rings (SSSR count). The van der Waals surface area contributed by atoms with Crippen molar-refractivity contribution in [3.63, 3.8) is 0 Å². The van der Waals surface area contributed by atoms with E-state index in [1.165, 1.54) is 96.3 Å². The number of hydrogen-bond acceptors (Lipinski definition) is 3. The summed E-state index contributed by atoms with van der Waals surface area (Å²) in [4.78, 5) is 9.86. The van der Waals surface area contributed by atoms with Crippen molar-refractivity contribution < 1.29 is 9.78 Å². The van der Waals surface area contributed by atoms with Crippen LogP contribution in [0, 0.1) is 0 Å². The molecular formula is C23H51NO2. The van der Waals surface area contributed by atoms with Gasteiger partial charge < -0.3 is 5.73 Å². The molecule has 0 atom stereocenters. The SMILES string of the molecule is CCCCCCCCCCCCCCCCCCOOCC.CCCN. The topological polar surface area (TPSA) is 44.5 Å². The van der Waals surface area contributed by atoms with E-state index in [-0.39, 0.29) is 0 Å². The third-order valence-corrected chi connectivity index (χ3v) is 4.57. The quantitative estimate of drug-likeness (QED) is 0.136. The summed E-state index contributed by atoms with van der Waals surface area (Å²) in [5.41, 5.74) is 5.03. The van der Waals surface area contributed by atoms with Crippen LogP contribution in [-0.4, -0.2) is 19.8 Å². The van der Waals surface area contributed by atoms with Gasteiger partial charge in [-0.3, -0.25) is 0 Å². The fourth-order valence-electron chi connectivity index (χ4n) is 2.85. The second-order valence-corrected chi connectivity index (χ2v) is 7.32. The highest BCUT2D eigenvalue weighted by molar-refractivity contribution is 4.49. The molecule has 0 fully saturated rings. The lowest BCUT2D eigenvalue weighted by molar-refractivity contribution is -0.291. The first-order valence-electron chi connectivity index (χ1n) is 11.8. The van der Waals surface area contributed by atoms with Crippen molar-refractivity contribution in [2.75, 3.05) is 19.8 Å². The van der Waals surface area contributed by atoms with Crippen LogP contribution in [0.5, 0.6) is 0 Å². The first-order chi connectivity index (χ1) is 12.8. The Morgan fingerprint density at radius 1 is 0.462 bits per heavy atom. The minimum Gasteiger partial charge on any atom is -0.330 e. The van der Waals surface area contributed by atoms with E-state index < -0.39 is 0 Å². The molecular weight excluding hydrogens is 322 g/mol. The molecule has 0 spiro atoms. The highest BCUT2D eigenvalue weighted by atomic mass is 17.2. The van der Waals surface area contributed by atoms with Gasteiger partial charge in [-0.05, 0) is 26.3 Å². The average molecular weight is 374 g/mol. The van der Waals surface area contributed by atoms with Gasteiger partial charge in [0.05, 0.1) is 13.2 Å². The van der Waals surface area contributed by atoms with Crippen molar-refractivity contribution in [3.05, 3.63) is 0 Å². The van der Waals surface area contributed by atoms with Crippen LogP contribution in [-0.2, 0) is 9.78 Å². The fourth-order valence-corrected chi connectivity index (χ4v) is 2.85. The Kier molecular flexibility index (Phi) is 32.0. The number of rotatable bonds is 20. The molecule has 0 bridgehead atoms. The Labute approximate surface area is 165 Å². The minimum absolute atomic E-state index is 0.652. The monoisotopic (exact) mass is 373 g/mol. The Morgan fingerprint density at radius 2 is 0.808 bits per heavy atom. The number of unbranched alkanes of at least 4 members (excludes halogenated alkanes) is 15. The normalized spacial score (nSPS) is 10.6. The maximum absolute atomic E-state index is 5.03. The molecule has 0 heterocycles. The molecule has 0 saturated heterocycles. The van der Waals surface area contributed by atoms with Crippen LogP contribution in [0.15, 0.2) is 0 Å². The summed E-state index contributed by atoms with van der Waals surface area (Å²) in [7, 11) is 0. The van der Waals surface area contributed by atoms with Crippen LogP contribution in [0.4, 0.5) is 0 Å². The maximum Gasteiger partial charge on any atom is 0.0822 e. The van der Waals surface area contributed by atoms with Crippen molar-refractivity contribution in [1.29, 1.82) is 0 Å². The van der Waals surface area contributed by atoms with E-state index in [2.05, 4.69) is 13.8 Å². The van der Waals surface area contributed by atoms with Gasteiger partial charge in [0.25, 0.3) is 0 Å². The van der Waals surface area contributed by atoms with Crippen LogP contribution in [0.3, 0.4) is 0 Å².